The molecule has 23 heavy (non-hydrogen) atoms. The van der Waals surface area contributed by atoms with E-state index in [0.717, 1.165) is 52.2 Å². The first-order chi connectivity index (χ1) is 11.1. The molecule has 0 aromatic heterocycles. The Morgan fingerprint density at radius 3 is 2.13 bits per heavy atom. The van der Waals surface area contributed by atoms with E-state index in [2.05, 4.69) is 35.6 Å². The van der Waals surface area contributed by atoms with Gasteiger partial charge < -0.3 is 9.80 Å². The van der Waals surface area contributed by atoms with Gasteiger partial charge in [-0.1, -0.05) is 19.9 Å². The number of hydrogen-bond donors (Lipinski definition) is 0. The second-order valence-electron chi connectivity index (χ2n) is 6.31. The van der Waals surface area contributed by atoms with Crippen molar-refractivity contribution in [3.05, 3.63) is 35.4 Å². The molecule has 1 unspecified atom stereocenters. The fourth-order valence-corrected chi connectivity index (χ4v) is 3.32. The number of likely N-dealkylation sites (N-methyl/N-ethyl adjacent to an activating group) is 1. The first-order valence-corrected chi connectivity index (χ1v) is 8.65. The van der Waals surface area contributed by atoms with Crippen molar-refractivity contribution in [3.8, 4) is 0 Å². The largest absolute Gasteiger partial charge is 0.304 e. The first kappa shape index (κ1) is 18.3. The molecule has 130 valence electrons. The fraction of sp³-hybridized carbons (Fsp3) is 0.667. The van der Waals surface area contributed by atoms with Gasteiger partial charge in [-0.25, -0.2) is 8.78 Å². The van der Waals surface area contributed by atoms with Crippen molar-refractivity contribution in [2.24, 2.45) is 0 Å². The summed E-state index contributed by atoms with van der Waals surface area (Å²) in [4.78, 5) is 6.81. The van der Waals surface area contributed by atoms with Gasteiger partial charge in [-0.15, -0.1) is 0 Å². The highest BCUT2D eigenvalue weighted by Crippen LogP contribution is 2.30. The maximum Gasteiger partial charge on any atom is 0.130 e. The molecule has 1 aliphatic heterocycles. The lowest BCUT2D eigenvalue weighted by Crippen LogP contribution is -2.46. The maximum absolute atomic E-state index is 14.3. The Balaban J connectivity index is 2.20. The number of halogens is 2. The minimum Gasteiger partial charge on any atom is -0.304 e. The van der Waals surface area contributed by atoms with Gasteiger partial charge >= 0.3 is 0 Å². The highest BCUT2D eigenvalue weighted by molar-refractivity contribution is 5.23. The summed E-state index contributed by atoms with van der Waals surface area (Å²) >= 11 is 0. The molecule has 0 spiro atoms. The molecule has 1 aromatic rings. The number of rotatable bonds is 7. The van der Waals surface area contributed by atoms with Crippen molar-refractivity contribution in [1.82, 2.24) is 14.7 Å². The Morgan fingerprint density at radius 1 is 1.04 bits per heavy atom. The second-order valence-corrected chi connectivity index (χ2v) is 6.31. The van der Waals surface area contributed by atoms with E-state index in [4.69, 9.17) is 0 Å². The number of piperazine rings is 1. The van der Waals surface area contributed by atoms with Crippen LogP contribution >= 0.6 is 0 Å². The first-order valence-electron chi connectivity index (χ1n) is 8.65. The van der Waals surface area contributed by atoms with E-state index >= 15 is 0 Å². The average Bonchev–Trinajstić information content (AvgIpc) is 2.54. The summed E-state index contributed by atoms with van der Waals surface area (Å²) in [6, 6.07) is 4.00. The van der Waals surface area contributed by atoms with Crippen molar-refractivity contribution in [2.45, 2.75) is 26.3 Å². The van der Waals surface area contributed by atoms with Gasteiger partial charge in [-0.2, -0.15) is 0 Å². The Morgan fingerprint density at radius 2 is 1.61 bits per heavy atom. The molecule has 0 radical (unpaired) electrons. The van der Waals surface area contributed by atoms with Crippen molar-refractivity contribution >= 4 is 0 Å². The highest BCUT2D eigenvalue weighted by Gasteiger charge is 2.28. The van der Waals surface area contributed by atoms with Gasteiger partial charge in [-0.05, 0) is 45.2 Å². The summed E-state index contributed by atoms with van der Waals surface area (Å²) in [7, 11) is 2.09. The Labute approximate surface area is 138 Å². The number of hydrogen-bond acceptors (Lipinski definition) is 3. The Bertz CT molecular complexity index is 463. The third-order valence-electron chi connectivity index (χ3n) is 4.92. The van der Waals surface area contributed by atoms with E-state index in [0.29, 0.717) is 0 Å². The van der Waals surface area contributed by atoms with Gasteiger partial charge in [0.2, 0.25) is 0 Å². The molecule has 0 amide bonds. The van der Waals surface area contributed by atoms with Crippen molar-refractivity contribution in [2.75, 3.05) is 52.9 Å². The zero-order chi connectivity index (χ0) is 16.8. The van der Waals surface area contributed by atoms with Crippen LogP contribution in [-0.4, -0.2) is 67.6 Å². The van der Waals surface area contributed by atoms with Gasteiger partial charge in [0.25, 0.3) is 0 Å². The molecular formula is C18H29F2N3. The van der Waals surface area contributed by atoms with Gasteiger partial charge in [0.05, 0.1) is 0 Å². The Hall–Kier alpha value is -1.04. The maximum atomic E-state index is 14.3. The lowest BCUT2D eigenvalue weighted by Gasteiger charge is -2.39. The van der Waals surface area contributed by atoms with Crippen LogP contribution in [0.2, 0.25) is 0 Å². The van der Waals surface area contributed by atoms with Gasteiger partial charge in [0.1, 0.15) is 11.6 Å². The van der Waals surface area contributed by atoms with Crippen LogP contribution in [0.15, 0.2) is 18.2 Å². The minimum atomic E-state index is -0.423. The topological polar surface area (TPSA) is 9.72 Å². The summed E-state index contributed by atoms with van der Waals surface area (Å²) in [6.45, 7) is 10.6. The molecule has 0 N–H and O–H groups in total. The number of nitrogens with zero attached hydrogens (tertiary/aromatic N) is 3. The van der Waals surface area contributed by atoms with Crippen LogP contribution < -0.4 is 0 Å². The molecule has 3 nitrogen and oxygen atoms in total. The average molecular weight is 325 g/mol. The molecule has 1 aromatic carbocycles. The van der Waals surface area contributed by atoms with E-state index in [1.807, 2.05) is 0 Å². The molecule has 5 heteroatoms. The zero-order valence-electron chi connectivity index (χ0n) is 14.6. The monoisotopic (exact) mass is 325 g/mol. The van der Waals surface area contributed by atoms with Crippen LogP contribution in [0.5, 0.6) is 0 Å². The lowest BCUT2D eigenvalue weighted by molar-refractivity contribution is 0.0958. The Kier molecular flexibility index (Phi) is 6.93. The van der Waals surface area contributed by atoms with Crippen LogP contribution in [0.25, 0.3) is 0 Å². The second kappa shape index (κ2) is 8.71. The predicted octanol–water partition coefficient (Wildman–Crippen LogP) is 2.99. The minimum absolute atomic E-state index is 0.189. The zero-order valence-corrected chi connectivity index (χ0v) is 14.6. The SMILES string of the molecule is CCN(CC)CCC(c1c(F)cccc1F)N1CCN(C)CC1. The quantitative estimate of drug-likeness (QED) is 0.763. The molecule has 1 atom stereocenters. The van der Waals surface area contributed by atoms with Crippen LogP contribution in [0, 0.1) is 11.6 Å². The van der Waals surface area contributed by atoms with Crippen LogP contribution in [0.3, 0.4) is 0 Å². The van der Waals surface area contributed by atoms with Crippen molar-refractivity contribution in [3.63, 3.8) is 0 Å². The highest BCUT2D eigenvalue weighted by atomic mass is 19.1. The summed E-state index contributed by atoms with van der Waals surface area (Å²) in [5.74, 6) is -0.845. The fourth-order valence-electron chi connectivity index (χ4n) is 3.32. The van der Waals surface area contributed by atoms with Gasteiger partial charge in [0.15, 0.2) is 0 Å². The molecule has 1 saturated heterocycles. The van der Waals surface area contributed by atoms with Crippen LogP contribution in [0.1, 0.15) is 31.9 Å². The van der Waals surface area contributed by atoms with Crippen LogP contribution in [-0.2, 0) is 0 Å². The molecule has 0 aliphatic carbocycles. The van der Waals surface area contributed by atoms with E-state index < -0.39 is 11.6 Å². The molecule has 1 heterocycles. The molecule has 2 rings (SSSR count). The standard InChI is InChI=1S/C18H29F2N3/c1-4-22(5-2)10-9-17(23-13-11-21(3)12-14-23)18-15(19)7-6-8-16(18)20/h6-8,17H,4-5,9-14H2,1-3H3. The lowest BCUT2D eigenvalue weighted by atomic mass is 9.99. The normalized spacial score (nSPS) is 18.5. The third kappa shape index (κ3) is 4.72. The van der Waals surface area contributed by atoms with E-state index in [1.54, 1.807) is 0 Å². The van der Waals surface area contributed by atoms with Gasteiger partial charge in [0, 0.05) is 37.8 Å². The van der Waals surface area contributed by atoms with Crippen LogP contribution in [0.4, 0.5) is 8.78 Å². The van der Waals surface area contributed by atoms with Gasteiger partial charge in [-0.3, -0.25) is 4.90 Å². The summed E-state index contributed by atoms with van der Waals surface area (Å²) in [5.41, 5.74) is 0.240. The van der Waals surface area contributed by atoms with E-state index in [1.165, 1.54) is 18.2 Å². The predicted molar refractivity (Wildman–Crippen MR) is 90.6 cm³/mol. The summed E-state index contributed by atoms with van der Waals surface area (Å²) in [6.07, 6.45) is 0.753. The van der Waals surface area contributed by atoms with Crippen molar-refractivity contribution < 1.29 is 8.78 Å². The molecular weight excluding hydrogens is 296 g/mol. The van der Waals surface area contributed by atoms with E-state index in [9.17, 15) is 8.78 Å². The molecule has 1 aliphatic rings. The smallest absolute Gasteiger partial charge is 0.130 e. The summed E-state index contributed by atoms with van der Waals surface area (Å²) < 4.78 is 28.7. The molecule has 1 fully saturated rings. The third-order valence-corrected chi connectivity index (χ3v) is 4.92. The molecule has 0 saturated carbocycles. The molecule has 0 bridgehead atoms. The number of benzene rings is 1. The van der Waals surface area contributed by atoms with E-state index in [-0.39, 0.29) is 11.6 Å². The summed E-state index contributed by atoms with van der Waals surface area (Å²) in [5, 5.41) is 0. The van der Waals surface area contributed by atoms with Crippen molar-refractivity contribution in [1.29, 1.82) is 0 Å².